The summed E-state index contributed by atoms with van der Waals surface area (Å²) in [6.07, 6.45) is 9.62. The van der Waals surface area contributed by atoms with Crippen LogP contribution in [0.5, 0.6) is 5.75 Å². The average Bonchev–Trinajstić information content (AvgIpc) is 3.26. The van der Waals surface area contributed by atoms with Gasteiger partial charge in [-0.05, 0) is 60.3 Å². The van der Waals surface area contributed by atoms with Gasteiger partial charge in [-0.2, -0.15) is 0 Å². The van der Waals surface area contributed by atoms with Crippen molar-refractivity contribution in [2.75, 3.05) is 33.0 Å². The number of fused-ring (bicyclic) bond motifs is 1. The predicted octanol–water partition coefficient (Wildman–Crippen LogP) is 9.04. The minimum Gasteiger partial charge on any atom is -0.489 e. The zero-order valence-corrected chi connectivity index (χ0v) is 30.9. The summed E-state index contributed by atoms with van der Waals surface area (Å²) in [6, 6.07) is 0. The van der Waals surface area contributed by atoms with Crippen molar-refractivity contribution in [1.29, 1.82) is 0 Å². The van der Waals surface area contributed by atoms with Gasteiger partial charge in [-0.15, -0.1) is 11.3 Å². The largest absolute Gasteiger partial charge is 0.489 e. The number of aliphatic hydroxyl groups excluding tert-OH is 2. The molecule has 0 aliphatic carbocycles. The first-order valence-corrected chi connectivity index (χ1v) is 17.4. The van der Waals surface area contributed by atoms with Gasteiger partial charge in [0.15, 0.2) is 0 Å². The van der Waals surface area contributed by atoms with Crippen molar-refractivity contribution in [3.63, 3.8) is 0 Å². The van der Waals surface area contributed by atoms with Gasteiger partial charge >= 0.3 is 0 Å². The molecule has 0 spiro atoms. The number of hydrogen-bond donors (Lipinski definition) is 3. The molecule has 0 amide bonds. The minimum absolute atomic E-state index is 0.0972. The Morgan fingerprint density at radius 1 is 0.786 bits per heavy atom. The lowest BCUT2D eigenvalue weighted by molar-refractivity contribution is 0.0228. The van der Waals surface area contributed by atoms with Gasteiger partial charge in [-0.3, -0.25) is 0 Å². The van der Waals surface area contributed by atoms with Crippen molar-refractivity contribution in [2.24, 2.45) is 22.5 Å². The Kier molecular flexibility index (Phi) is 18.7. The second kappa shape index (κ2) is 19.0. The van der Waals surface area contributed by atoms with Gasteiger partial charge < -0.3 is 25.4 Å². The van der Waals surface area contributed by atoms with E-state index in [1.807, 2.05) is 52.9 Å². The van der Waals surface area contributed by atoms with E-state index in [2.05, 4.69) is 48.5 Å². The monoisotopic (exact) mass is 614 g/mol. The summed E-state index contributed by atoms with van der Waals surface area (Å²) in [6.45, 7) is 31.2. The van der Waals surface area contributed by atoms with Crippen LogP contribution in [0.15, 0.2) is 0 Å². The summed E-state index contributed by atoms with van der Waals surface area (Å²) in [5, 5.41) is 16.8. The predicted molar refractivity (Wildman–Crippen MR) is 184 cm³/mol. The topological polar surface area (TPSA) is 84.9 Å². The standard InChI is InChI=1S/C26H47NO2S.2C5H12O/c1-8-9-16-28-18-19-17-20-22(29-21(19)14-12-10-11-13-15-27)24(26(5,6)7)30-23(20)25(2,3)4;2*1-5(2,3)4-6/h19,21H,8-18,27H2,1-7H3;2*6H,4H2,1-3H3. The molecule has 250 valence electrons. The summed E-state index contributed by atoms with van der Waals surface area (Å²) >= 11 is 1.98. The third-order valence-corrected chi connectivity index (χ3v) is 9.01. The first kappa shape index (κ1) is 41.3. The normalized spacial score (nSPS) is 17.4. The van der Waals surface area contributed by atoms with E-state index in [-0.39, 0.29) is 41.0 Å². The van der Waals surface area contributed by atoms with Crippen molar-refractivity contribution < 1.29 is 19.7 Å². The molecule has 6 heteroatoms. The minimum atomic E-state index is 0.0972. The average molecular weight is 614 g/mol. The molecular weight excluding hydrogens is 542 g/mol. The van der Waals surface area contributed by atoms with E-state index in [0.29, 0.717) is 5.92 Å². The van der Waals surface area contributed by atoms with Crippen LogP contribution in [0, 0.1) is 16.7 Å². The van der Waals surface area contributed by atoms with Crippen LogP contribution in [-0.4, -0.2) is 49.3 Å². The van der Waals surface area contributed by atoms with Crippen LogP contribution in [0.2, 0.25) is 0 Å². The fourth-order valence-corrected chi connectivity index (χ4v) is 5.67. The van der Waals surface area contributed by atoms with Gasteiger partial charge in [-0.25, -0.2) is 0 Å². The van der Waals surface area contributed by atoms with Crippen LogP contribution in [0.1, 0.15) is 150 Å². The molecule has 0 fully saturated rings. The maximum absolute atomic E-state index is 8.40. The Morgan fingerprint density at radius 2 is 1.29 bits per heavy atom. The molecule has 1 aliphatic rings. The Bertz CT molecular complexity index is 823. The third kappa shape index (κ3) is 17.0. The lowest BCUT2D eigenvalue weighted by Gasteiger charge is -2.35. The molecule has 0 aromatic carbocycles. The van der Waals surface area contributed by atoms with E-state index in [1.54, 1.807) is 0 Å². The molecule has 42 heavy (non-hydrogen) atoms. The van der Waals surface area contributed by atoms with Crippen molar-refractivity contribution in [3.8, 4) is 5.75 Å². The highest BCUT2D eigenvalue weighted by Gasteiger charge is 2.39. The lowest BCUT2D eigenvalue weighted by Crippen LogP contribution is -2.37. The number of nitrogens with two attached hydrogens (primary N) is 1. The van der Waals surface area contributed by atoms with Gasteiger partial charge in [0.25, 0.3) is 0 Å². The van der Waals surface area contributed by atoms with Gasteiger partial charge in [0, 0.05) is 36.2 Å². The molecule has 0 bridgehead atoms. The highest BCUT2D eigenvalue weighted by molar-refractivity contribution is 7.12. The van der Waals surface area contributed by atoms with E-state index in [9.17, 15) is 0 Å². The molecule has 1 aliphatic heterocycles. The van der Waals surface area contributed by atoms with Crippen LogP contribution < -0.4 is 10.5 Å². The van der Waals surface area contributed by atoms with Crippen molar-refractivity contribution in [1.82, 2.24) is 0 Å². The van der Waals surface area contributed by atoms with Crippen LogP contribution in [0.25, 0.3) is 0 Å². The van der Waals surface area contributed by atoms with E-state index in [4.69, 9.17) is 25.4 Å². The highest BCUT2D eigenvalue weighted by atomic mass is 32.1. The second-order valence-electron chi connectivity index (χ2n) is 16.5. The van der Waals surface area contributed by atoms with Gasteiger partial charge in [0.2, 0.25) is 0 Å². The van der Waals surface area contributed by atoms with Crippen LogP contribution in [0.3, 0.4) is 0 Å². The quantitative estimate of drug-likeness (QED) is 0.217. The molecular formula is C36H71NO4S. The molecule has 0 saturated heterocycles. The number of unbranched alkanes of at least 4 members (excludes halogenated alkanes) is 4. The van der Waals surface area contributed by atoms with Crippen LogP contribution >= 0.6 is 11.3 Å². The smallest absolute Gasteiger partial charge is 0.137 e. The van der Waals surface area contributed by atoms with Crippen LogP contribution in [0.4, 0.5) is 0 Å². The Balaban J connectivity index is 0.00000117. The van der Waals surface area contributed by atoms with Crippen LogP contribution in [-0.2, 0) is 22.0 Å². The molecule has 0 radical (unpaired) electrons. The Hall–Kier alpha value is -0.660. The summed E-state index contributed by atoms with van der Waals surface area (Å²) < 4.78 is 13.0. The fraction of sp³-hybridized carbons (Fsp3) is 0.889. The molecule has 1 aromatic heterocycles. The molecule has 2 atom stereocenters. The molecule has 0 saturated carbocycles. The zero-order valence-electron chi connectivity index (χ0n) is 30.0. The summed E-state index contributed by atoms with van der Waals surface area (Å²) in [7, 11) is 0. The summed E-state index contributed by atoms with van der Waals surface area (Å²) in [5.74, 6) is 1.65. The number of ether oxygens (including phenoxy) is 2. The molecule has 5 nitrogen and oxygen atoms in total. The first-order chi connectivity index (χ1) is 19.2. The third-order valence-electron chi connectivity index (χ3n) is 6.95. The number of aliphatic hydroxyl groups is 2. The van der Waals surface area contributed by atoms with Crippen molar-refractivity contribution in [2.45, 2.75) is 158 Å². The van der Waals surface area contributed by atoms with Gasteiger partial charge in [-0.1, -0.05) is 109 Å². The Labute approximate surface area is 265 Å². The molecule has 2 rings (SSSR count). The summed E-state index contributed by atoms with van der Waals surface area (Å²) in [4.78, 5) is 2.92. The van der Waals surface area contributed by atoms with E-state index < -0.39 is 0 Å². The molecule has 2 heterocycles. The van der Waals surface area contributed by atoms with Crippen molar-refractivity contribution in [3.05, 3.63) is 15.3 Å². The van der Waals surface area contributed by atoms with E-state index >= 15 is 0 Å². The first-order valence-electron chi connectivity index (χ1n) is 16.5. The maximum atomic E-state index is 8.40. The SMILES string of the molecule is CC(C)(C)CO.CC(C)(C)CO.CCCCOCC1Cc2c(C(C)(C)C)sc(C(C)(C)C)c2OC1CCCCCCN. The zero-order chi connectivity index (χ0) is 32.8. The number of rotatable bonds is 11. The summed E-state index contributed by atoms with van der Waals surface area (Å²) in [5.41, 5.74) is 7.57. The van der Waals surface area contributed by atoms with E-state index in [0.717, 1.165) is 45.4 Å². The Morgan fingerprint density at radius 3 is 1.71 bits per heavy atom. The second-order valence-corrected chi connectivity index (χ2v) is 17.6. The van der Waals surface area contributed by atoms with E-state index in [1.165, 1.54) is 46.8 Å². The lowest BCUT2D eigenvalue weighted by atomic mass is 9.82. The van der Waals surface area contributed by atoms with Gasteiger partial charge in [0.05, 0.1) is 11.5 Å². The highest BCUT2D eigenvalue weighted by Crippen LogP contribution is 2.50. The fourth-order valence-electron chi connectivity index (χ4n) is 4.29. The number of hydrogen-bond acceptors (Lipinski definition) is 6. The maximum Gasteiger partial charge on any atom is 0.137 e. The number of thiophene rings is 1. The molecule has 4 N–H and O–H groups in total. The molecule has 2 unspecified atom stereocenters. The molecule has 1 aromatic rings. The van der Waals surface area contributed by atoms with Gasteiger partial charge in [0.1, 0.15) is 11.9 Å². The van der Waals surface area contributed by atoms with Crippen molar-refractivity contribution >= 4 is 11.3 Å².